The summed E-state index contributed by atoms with van der Waals surface area (Å²) in [6, 6.07) is 13.4. The van der Waals surface area contributed by atoms with Gasteiger partial charge in [0.25, 0.3) is 0 Å². The lowest BCUT2D eigenvalue weighted by Crippen LogP contribution is -2.19. The second kappa shape index (κ2) is 9.01. The molecule has 3 rings (SSSR count). The Hall–Kier alpha value is -3.39. The molecule has 0 unspecified atom stereocenters. The lowest BCUT2D eigenvalue weighted by Gasteiger charge is -2.08. The Balaban J connectivity index is 1.58. The highest BCUT2D eigenvalue weighted by atomic mass is 35.5. The van der Waals surface area contributed by atoms with Crippen molar-refractivity contribution >= 4 is 35.0 Å². The fourth-order valence-corrected chi connectivity index (χ4v) is 2.53. The second-order valence-corrected chi connectivity index (χ2v) is 6.18. The summed E-state index contributed by atoms with van der Waals surface area (Å²) in [5.74, 6) is 0.338. The van der Waals surface area contributed by atoms with Gasteiger partial charge in [0.2, 0.25) is 11.8 Å². The number of halogens is 1. The quantitative estimate of drug-likeness (QED) is 0.602. The van der Waals surface area contributed by atoms with Crippen LogP contribution in [0.3, 0.4) is 0 Å². The molecule has 28 heavy (non-hydrogen) atoms. The van der Waals surface area contributed by atoms with Crippen LogP contribution in [0.2, 0.25) is 5.02 Å². The summed E-state index contributed by atoms with van der Waals surface area (Å²) in [6.07, 6.45) is 0.478. The van der Waals surface area contributed by atoms with E-state index in [2.05, 4.69) is 25.6 Å². The van der Waals surface area contributed by atoms with Crippen molar-refractivity contribution in [2.24, 2.45) is 0 Å². The van der Waals surface area contributed by atoms with Gasteiger partial charge in [-0.1, -0.05) is 17.7 Å². The maximum atomic E-state index is 12.1. The normalized spacial score (nSPS) is 10.4. The Morgan fingerprint density at radius 3 is 2.54 bits per heavy atom. The van der Waals surface area contributed by atoms with E-state index >= 15 is 0 Å². The summed E-state index contributed by atoms with van der Waals surface area (Å²) in [4.78, 5) is 23.2. The first-order chi connectivity index (χ1) is 13.5. The van der Waals surface area contributed by atoms with Crippen molar-refractivity contribution in [3.63, 3.8) is 0 Å². The SMILES string of the molecule is COC(=O)CCc1nnc(-c2ccc(NC(=O)Nc3cccc(Cl)c3)cc2)o1. The number of hydrogen-bond donors (Lipinski definition) is 2. The van der Waals surface area contributed by atoms with Crippen molar-refractivity contribution in [2.45, 2.75) is 12.8 Å². The zero-order valence-electron chi connectivity index (χ0n) is 14.9. The third-order valence-electron chi connectivity index (χ3n) is 3.71. The van der Waals surface area contributed by atoms with Gasteiger partial charge in [-0.25, -0.2) is 4.79 Å². The molecule has 2 N–H and O–H groups in total. The van der Waals surface area contributed by atoms with Crippen LogP contribution < -0.4 is 10.6 Å². The number of urea groups is 1. The van der Waals surface area contributed by atoms with Crippen molar-refractivity contribution in [3.05, 3.63) is 59.4 Å². The number of rotatable bonds is 6. The lowest BCUT2D eigenvalue weighted by atomic mass is 10.2. The zero-order valence-corrected chi connectivity index (χ0v) is 15.7. The molecule has 1 aromatic heterocycles. The highest BCUT2D eigenvalue weighted by Gasteiger charge is 2.11. The molecule has 8 nitrogen and oxygen atoms in total. The molecular formula is C19H17ClN4O4. The van der Waals surface area contributed by atoms with Crippen LogP contribution in [0, 0.1) is 0 Å². The van der Waals surface area contributed by atoms with Gasteiger partial charge in [-0.15, -0.1) is 10.2 Å². The van der Waals surface area contributed by atoms with E-state index < -0.39 is 6.03 Å². The van der Waals surface area contributed by atoms with Gasteiger partial charge in [0.1, 0.15) is 0 Å². The highest BCUT2D eigenvalue weighted by Crippen LogP contribution is 2.21. The number of amides is 2. The number of hydrogen-bond acceptors (Lipinski definition) is 6. The molecule has 3 aromatic rings. The highest BCUT2D eigenvalue weighted by molar-refractivity contribution is 6.30. The molecule has 0 radical (unpaired) electrons. The predicted molar refractivity (Wildman–Crippen MR) is 104 cm³/mol. The number of carbonyl (C=O) groups excluding carboxylic acids is 2. The summed E-state index contributed by atoms with van der Waals surface area (Å²) in [5.41, 5.74) is 1.87. The smallest absolute Gasteiger partial charge is 0.323 e. The molecule has 0 fully saturated rings. The van der Waals surface area contributed by atoms with Crippen LogP contribution in [0.5, 0.6) is 0 Å². The van der Waals surface area contributed by atoms with Crippen LogP contribution in [0.4, 0.5) is 16.2 Å². The van der Waals surface area contributed by atoms with Crippen LogP contribution in [-0.4, -0.2) is 29.3 Å². The van der Waals surface area contributed by atoms with Gasteiger partial charge in [-0.2, -0.15) is 0 Å². The summed E-state index contributed by atoms with van der Waals surface area (Å²) in [6.45, 7) is 0. The first kappa shape index (κ1) is 19.4. The van der Waals surface area contributed by atoms with Crippen molar-refractivity contribution in [1.29, 1.82) is 0 Å². The first-order valence-electron chi connectivity index (χ1n) is 8.36. The third kappa shape index (κ3) is 5.31. The van der Waals surface area contributed by atoms with Crippen LogP contribution in [0.15, 0.2) is 52.9 Å². The van der Waals surface area contributed by atoms with Gasteiger partial charge in [-0.05, 0) is 42.5 Å². The summed E-state index contributed by atoms with van der Waals surface area (Å²) < 4.78 is 10.1. The number of ether oxygens (including phenoxy) is 1. The second-order valence-electron chi connectivity index (χ2n) is 5.74. The van der Waals surface area contributed by atoms with E-state index in [0.29, 0.717) is 40.2 Å². The Kier molecular flexibility index (Phi) is 6.23. The van der Waals surface area contributed by atoms with Crippen molar-refractivity contribution in [2.75, 3.05) is 17.7 Å². The molecule has 1 heterocycles. The molecule has 2 amide bonds. The Labute approximate surface area is 165 Å². The minimum atomic E-state index is -0.391. The molecule has 0 atom stereocenters. The summed E-state index contributed by atoms with van der Waals surface area (Å²) in [5, 5.41) is 13.8. The number of anilines is 2. The third-order valence-corrected chi connectivity index (χ3v) is 3.94. The maximum absolute atomic E-state index is 12.1. The number of aryl methyl sites for hydroxylation is 1. The van der Waals surface area contributed by atoms with Crippen LogP contribution in [0.25, 0.3) is 11.5 Å². The zero-order chi connectivity index (χ0) is 19.9. The Morgan fingerprint density at radius 1 is 1.07 bits per heavy atom. The van der Waals surface area contributed by atoms with Crippen molar-refractivity contribution in [1.82, 2.24) is 10.2 Å². The van der Waals surface area contributed by atoms with Crippen LogP contribution in [0.1, 0.15) is 12.3 Å². The molecule has 144 valence electrons. The molecule has 0 aliphatic carbocycles. The number of esters is 1. The Bertz CT molecular complexity index is 972. The minimum Gasteiger partial charge on any atom is -0.469 e. The molecule has 0 aliphatic rings. The maximum Gasteiger partial charge on any atom is 0.323 e. The Morgan fingerprint density at radius 2 is 1.82 bits per heavy atom. The average molecular weight is 401 g/mol. The van der Waals surface area contributed by atoms with E-state index in [1.165, 1.54) is 7.11 Å². The van der Waals surface area contributed by atoms with E-state index in [4.69, 9.17) is 16.0 Å². The van der Waals surface area contributed by atoms with Crippen molar-refractivity contribution < 1.29 is 18.7 Å². The van der Waals surface area contributed by atoms with Crippen LogP contribution in [-0.2, 0) is 16.0 Å². The number of nitrogens with zero attached hydrogens (tertiary/aromatic N) is 2. The fraction of sp³-hybridized carbons (Fsp3) is 0.158. The fourth-order valence-electron chi connectivity index (χ4n) is 2.34. The first-order valence-corrected chi connectivity index (χ1v) is 8.74. The van der Waals surface area contributed by atoms with E-state index in [-0.39, 0.29) is 12.4 Å². The standard InChI is InChI=1S/C19H17ClN4O4/c1-27-17(25)10-9-16-23-24-18(28-16)12-5-7-14(8-6-12)21-19(26)22-15-4-2-3-13(20)11-15/h2-8,11H,9-10H2,1H3,(H2,21,22,26). The monoisotopic (exact) mass is 400 g/mol. The number of carbonyl (C=O) groups is 2. The van der Waals surface area contributed by atoms with Gasteiger partial charge < -0.3 is 19.8 Å². The molecule has 9 heteroatoms. The van der Waals surface area contributed by atoms with Gasteiger partial charge >= 0.3 is 12.0 Å². The van der Waals surface area contributed by atoms with Gasteiger partial charge in [0.15, 0.2) is 0 Å². The molecule has 0 spiro atoms. The van der Waals surface area contributed by atoms with Gasteiger partial charge in [-0.3, -0.25) is 4.79 Å². The average Bonchev–Trinajstić information content (AvgIpc) is 3.15. The van der Waals surface area contributed by atoms with E-state index in [9.17, 15) is 9.59 Å². The molecule has 0 bridgehead atoms. The number of aromatic nitrogens is 2. The summed E-state index contributed by atoms with van der Waals surface area (Å²) in [7, 11) is 1.33. The number of benzene rings is 2. The topological polar surface area (TPSA) is 106 Å². The lowest BCUT2D eigenvalue weighted by molar-refractivity contribution is -0.140. The molecule has 0 saturated heterocycles. The molecule has 0 aliphatic heterocycles. The van der Waals surface area contributed by atoms with E-state index in [1.54, 1.807) is 48.5 Å². The van der Waals surface area contributed by atoms with E-state index in [1.807, 2.05) is 0 Å². The largest absolute Gasteiger partial charge is 0.469 e. The molecule has 2 aromatic carbocycles. The van der Waals surface area contributed by atoms with E-state index in [0.717, 1.165) is 0 Å². The predicted octanol–water partition coefficient (Wildman–Crippen LogP) is 4.14. The molecule has 0 saturated carbocycles. The summed E-state index contributed by atoms with van der Waals surface area (Å²) >= 11 is 5.89. The number of nitrogens with one attached hydrogen (secondary N) is 2. The van der Waals surface area contributed by atoms with Crippen LogP contribution >= 0.6 is 11.6 Å². The van der Waals surface area contributed by atoms with Gasteiger partial charge in [0, 0.05) is 28.4 Å². The number of methoxy groups -OCH3 is 1. The van der Waals surface area contributed by atoms with Crippen molar-refractivity contribution in [3.8, 4) is 11.5 Å². The minimum absolute atomic E-state index is 0.169. The molecular weight excluding hydrogens is 384 g/mol. The van der Waals surface area contributed by atoms with Gasteiger partial charge in [0.05, 0.1) is 13.5 Å².